The van der Waals surface area contributed by atoms with E-state index in [2.05, 4.69) is 29.2 Å². The van der Waals surface area contributed by atoms with Crippen LogP contribution in [0.15, 0.2) is 42.0 Å². The van der Waals surface area contributed by atoms with Crippen molar-refractivity contribution in [2.45, 2.75) is 26.3 Å². The lowest BCUT2D eigenvalue weighted by atomic mass is 10.0. The highest BCUT2D eigenvalue weighted by Crippen LogP contribution is 2.17. The number of hydrogen-bond donors (Lipinski definition) is 0. The molecule has 1 saturated heterocycles. The lowest BCUT2D eigenvalue weighted by molar-refractivity contribution is -0.137. The zero-order valence-corrected chi connectivity index (χ0v) is 11.5. The standard InChI is InChI=1S/C16H21NO2/c1-2-19-16(18)11-15-9-6-10-17(13-15)12-14-7-4-3-5-8-14/h3-5,7-8,11H,2,6,9-10,12-13H2,1H3/b15-11+. The van der Waals surface area contributed by atoms with Gasteiger partial charge < -0.3 is 4.74 Å². The van der Waals surface area contributed by atoms with Gasteiger partial charge in [-0.3, -0.25) is 4.90 Å². The predicted molar refractivity (Wildman–Crippen MR) is 75.7 cm³/mol. The number of esters is 1. The van der Waals surface area contributed by atoms with Crippen LogP contribution < -0.4 is 0 Å². The van der Waals surface area contributed by atoms with Crippen molar-refractivity contribution in [1.82, 2.24) is 4.90 Å². The largest absolute Gasteiger partial charge is 0.463 e. The summed E-state index contributed by atoms with van der Waals surface area (Å²) in [6.07, 6.45) is 3.78. The van der Waals surface area contributed by atoms with Gasteiger partial charge in [-0.05, 0) is 37.4 Å². The number of nitrogens with zero attached hydrogens (tertiary/aromatic N) is 1. The van der Waals surface area contributed by atoms with Gasteiger partial charge in [-0.1, -0.05) is 30.3 Å². The van der Waals surface area contributed by atoms with E-state index in [0.717, 1.165) is 32.5 Å². The summed E-state index contributed by atoms with van der Waals surface area (Å²) in [5.41, 5.74) is 2.50. The molecule has 0 bridgehead atoms. The minimum absolute atomic E-state index is 0.209. The molecule has 0 aromatic heterocycles. The van der Waals surface area contributed by atoms with Crippen molar-refractivity contribution in [2.24, 2.45) is 0 Å². The smallest absolute Gasteiger partial charge is 0.330 e. The molecular weight excluding hydrogens is 238 g/mol. The summed E-state index contributed by atoms with van der Waals surface area (Å²) in [4.78, 5) is 13.8. The van der Waals surface area contributed by atoms with Crippen LogP contribution in [0.3, 0.4) is 0 Å². The number of carbonyl (C=O) groups excluding carboxylic acids is 1. The van der Waals surface area contributed by atoms with Crippen molar-refractivity contribution < 1.29 is 9.53 Å². The molecule has 1 aromatic rings. The van der Waals surface area contributed by atoms with Crippen LogP contribution in [0.25, 0.3) is 0 Å². The normalized spacial score (nSPS) is 18.5. The van der Waals surface area contributed by atoms with Gasteiger partial charge in [0.1, 0.15) is 0 Å². The minimum Gasteiger partial charge on any atom is -0.463 e. The molecule has 0 saturated carbocycles. The van der Waals surface area contributed by atoms with E-state index in [1.165, 1.54) is 11.1 Å². The zero-order valence-electron chi connectivity index (χ0n) is 11.5. The van der Waals surface area contributed by atoms with Crippen molar-refractivity contribution >= 4 is 5.97 Å². The number of hydrogen-bond acceptors (Lipinski definition) is 3. The van der Waals surface area contributed by atoms with Crippen LogP contribution in [0.1, 0.15) is 25.3 Å². The molecular formula is C16H21NO2. The predicted octanol–water partition coefficient (Wildman–Crippen LogP) is 2.77. The summed E-state index contributed by atoms with van der Waals surface area (Å²) in [6.45, 7) is 5.18. The average Bonchev–Trinajstić information content (AvgIpc) is 2.40. The topological polar surface area (TPSA) is 29.5 Å². The third kappa shape index (κ3) is 4.52. The molecule has 0 unspecified atom stereocenters. The fourth-order valence-corrected chi connectivity index (χ4v) is 2.42. The molecule has 1 heterocycles. The van der Waals surface area contributed by atoms with E-state index in [1.807, 2.05) is 13.0 Å². The van der Waals surface area contributed by atoms with E-state index >= 15 is 0 Å². The SMILES string of the molecule is CCOC(=O)/C=C1\CCCN(Cc2ccccc2)C1. The Morgan fingerprint density at radius 2 is 2.16 bits per heavy atom. The molecule has 1 aliphatic heterocycles. The maximum absolute atomic E-state index is 11.5. The molecule has 0 radical (unpaired) electrons. The van der Waals surface area contributed by atoms with Gasteiger partial charge in [0.2, 0.25) is 0 Å². The van der Waals surface area contributed by atoms with Gasteiger partial charge in [0, 0.05) is 19.2 Å². The highest BCUT2D eigenvalue weighted by molar-refractivity contribution is 5.82. The maximum atomic E-state index is 11.5. The van der Waals surface area contributed by atoms with E-state index in [1.54, 1.807) is 6.08 Å². The van der Waals surface area contributed by atoms with Crippen molar-refractivity contribution in [3.63, 3.8) is 0 Å². The summed E-state index contributed by atoms with van der Waals surface area (Å²) < 4.78 is 4.96. The minimum atomic E-state index is -0.209. The third-order valence-electron chi connectivity index (χ3n) is 3.26. The summed E-state index contributed by atoms with van der Waals surface area (Å²) in [5.74, 6) is -0.209. The number of ether oxygens (including phenoxy) is 1. The Hall–Kier alpha value is -1.61. The van der Waals surface area contributed by atoms with Crippen LogP contribution in [-0.2, 0) is 16.1 Å². The van der Waals surface area contributed by atoms with Crippen molar-refractivity contribution in [3.8, 4) is 0 Å². The fourth-order valence-electron chi connectivity index (χ4n) is 2.42. The highest BCUT2D eigenvalue weighted by Gasteiger charge is 2.15. The highest BCUT2D eigenvalue weighted by atomic mass is 16.5. The first-order chi connectivity index (χ1) is 9.28. The van der Waals surface area contributed by atoms with E-state index < -0.39 is 0 Å². The number of rotatable bonds is 4. The van der Waals surface area contributed by atoms with Gasteiger partial charge in [0.05, 0.1) is 6.61 Å². The van der Waals surface area contributed by atoms with E-state index in [9.17, 15) is 4.79 Å². The third-order valence-corrected chi connectivity index (χ3v) is 3.26. The summed E-state index contributed by atoms with van der Waals surface area (Å²) >= 11 is 0. The number of benzene rings is 1. The number of piperidine rings is 1. The number of carbonyl (C=O) groups is 1. The molecule has 0 spiro atoms. The lowest BCUT2D eigenvalue weighted by Crippen LogP contribution is -2.31. The zero-order chi connectivity index (χ0) is 13.5. The fraction of sp³-hybridized carbons (Fsp3) is 0.438. The van der Waals surface area contributed by atoms with Crippen LogP contribution in [0.5, 0.6) is 0 Å². The second-order valence-electron chi connectivity index (χ2n) is 4.85. The van der Waals surface area contributed by atoms with Crippen LogP contribution in [0.4, 0.5) is 0 Å². The van der Waals surface area contributed by atoms with Crippen LogP contribution in [0.2, 0.25) is 0 Å². The molecule has 0 amide bonds. The molecule has 0 aliphatic carbocycles. The van der Waals surface area contributed by atoms with Gasteiger partial charge in [-0.25, -0.2) is 4.79 Å². The Kier molecular flexibility index (Phi) is 5.16. The van der Waals surface area contributed by atoms with E-state index in [-0.39, 0.29) is 5.97 Å². The molecule has 19 heavy (non-hydrogen) atoms. The molecule has 1 aromatic carbocycles. The molecule has 3 nitrogen and oxygen atoms in total. The van der Waals surface area contributed by atoms with Gasteiger partial charge in [0.25, 0.3) is 0 Å². The Morgan fingerprint density at radius 3 is 2.89 bits per heavy atom. The molecule has 2 rings (SSSR count). The summed E-state index contributed by atoms with van der Waals surface area (Å²) in [7, 11) is 0. The van der Waals surface area contributed by atoms with Gasteiger partial charge in [-0.2, -0.15) is 0 Å². The Balaban J connectivity index is 1.92. The van der Waals surface area contributed by atoms with Crippen LogP contribution >= 0.6 is 0 Å². The second kappa shape index (κ2) is 7.10. The molecule has 0 N–H and O–H groups in total. The van der Waals surface area contributed by atoms with Crippen LogP contribution in [-0.4, -0.2) is 30.6 Å². The molecule has 1 fully saturated rings. The maximum Gasteiger partial charge on any atom is 0.330 e. The molecule has 102 valence electrons. The first-order valence-electron chi connectivity index (χ1n) is 6.90. The second-order valence-corrected chi connectivity index (χ2v) is 4.85. The first kappa shape index (κ1) is 13.8. The average molecular weight is 259 g/mol. The van der Waals surface area contributed by atoms with Crippen LogP contribution in [0, 0.1) is 0 Å². The monoisotopic (exact) mass is 259 g/mol. The molecule has 1 aliphatic rings. The quantitative estimate of drug-likeness (QED) is 0.615. The van der Waals surface area contributed by atoms with Crippen molar-refractivity contribution in [3.05, 3.63) is 47.5 Å². The Labute approximate surface area is 114 Å². The summed E-state index contributed by atoms with van der Waals surface area (Å²) in [6, 6.07) is 10.4. The van der Waals surface area contributed by atoms with Gasteiger partial charge in [-0.15, -0.1) is 0 Å². The number of likely N-dealkylation sites (tertiary alicyclic amines) is 1. The Morgan fingerprint density at radius 1 is 1.37 bits per heavy atom. The Bertz CT molecular complexity index is 439. The van der Waals surface area contributed by atoms with E-state index in [0.29, 0.717) is 6.61 Å². The molecule has 0 atom stereocenters. The lowest BCUT2D eigenvalue weighted by Gasteiger charge is -2.28. The van der Waals surface area contributed by atoms with Gasteiger partial charge in [0.15, 0.2) is 0 Å². The van der Waals surface area contributed by atoms with E-state index in [4.69, 9.17) is 4.74 Å². The van der Waals surface area contributed by atoms with Crippen molar-refractivity contribution in [1.29, 1.82) is 0 Å². The summed E-state index contributed by atoms with van der Waals surface area (Å²) in [5, 5.41) is 0. The molecule has 3 heteroatoms. The van der Waals surface area contributed by atoms with Gasteiger partial charge >= 0.3 is 5.97 Å². The first-order valence-corrected chi connectivity index (χ1v) is 6.90. The van der Waals surface area contributed by atoms with Crippen molar-refractivity contribution in [2.75, 3.05) is 19.7 Å².